The zero-order valence-electron chi connectivity index (χ0n) is 17.3. The molecule has 3 rings (SSSR count). The molecule has 0 aromatic heterocycles. The van der Waals surface area contributed by atoms with Crippen LogP contribution < -0.4 is 0 Å². The zero-order chi connectivity index (χ0) is 20.5. The van der Waals surface area contributed by atoms with Crippen molar-refractivity contribution in [3.05, 3.63) is 35.4 Å². The summed E-state index contributed by atoms with van der Waals surface area (Å²) in [6, 6.07) is 12.5. The molecule has 0 bridgehead atoms. The van der Waals surface area contributed by atoms with Gasteiger partial charge < -0.3 is 4.74 Å². The highest BCUT2D eigenvalue weighted by molar-refractivity contribution is 5.89. The minimum absolute atomic E-state index is 0.0178. The van der Waals surface area contributed by atoms with Gasteiger partial charge in [-0.15, -0.1) is 0 Å². The van der Waals surface area contributed by atoms with Crippen molar-refractivity contribution >= 4 is 5.97 Å². The lowest BCUT2D eigenvalue weighted by molar-refractivity contribution is 0.0162. The van der Waals surface area contributed by atoms with E-state index < -0.39 is 0 Å². The standard InChI is InChI=1S/C25H32N2O2/c26-17-1-3-19-5-9-21(10-6-19)22-11-13-23(14-12-22)25(28)29-24-15-7-20(8-16-24)4-2-18-27/h11-14,19-21,24H,1-10,15-16H2. The van der Waals surface area contributed by atoms with Crippen LogP contribution in [0.2, 0.25) is 0 Å². The third-order valence-electron chi connectivity index (χ3n) is 6.86. The van der Waals surface area contributed by atoms with Gasteiger partial charge in [-0.1, -0.05) is 12.1 Å². The minimum atomic E-state index is -0.211. The molecule has 2 aliphatic rings. The summed E-state index contributed by atoms with van der Waals surface area (Å²) < 4.78 is 5.74. The van der Waals surface area contributed by atoms with Crippen LogP contribution in [0, 0.1) is 34.5 Å². The lowest BCUT2D eigenvalue weighted by atomic mass is 9.77. The van der Waals surface area contributed by atoms with E-state index in [-0.39, 0.29) is 12.1 Å². The number of hydrogen-bond donors (Lipinski definition) is 0. The summed E-state index contributed by atoms with van der Waals surface area (Å²) >= 11 is 0. The van der Waals surface area contributed by atoms with E-state index in [0.717, 1.165) is 38.5 Å². The monoisotopic (exact) mass is 392 g/mol. The van der Waals surface area contributed by atoms with Gasteiger partial charge in [-0.3, -0.25) is 0 Å². The molecule has 2 saturated carbocycles. The molecule has 0 radical (unpaired) electrons. The van der Waals surface area contributed by atoms with Crippen molar-refractivity contribution in [3.63, 3.8) is 0 Å². The van der Waals surface area contributed by atoms with Gasteiger partial charge in [0, 0.05) is 12.8 Å². The topological polar surface area (TPSA) is 73.9 Å². The molecular weight excluding hydrogens is 360 g/mol. The highest BCUT2D eigenvalue weighted by Gasteiger charge is 2.25. The maximum atomic E-state index is 12.5. The van der Waals surface area contributed by atoms with Gasteiger partial charge >= 0.3 is 5.97 Å². The van der Waals surface area contributed by atoms with Crippen molar-refractivity contribution in [2.75, 3.05) is 0 Å². The van der Waals surface area contributed by atoms with Gasteiger partial charge in [-0.2, -0.15) is 10.5 Å². The Morgan fingerprint density at radius 3 is 1.86 bits per heavy atom. The molecule has 0 spiro atoms. The number of ether oxygens (including phenoxy) is 1. The fraction of sp³-hybridized carbons (Fsp3) is 0.640. The number of carbonyl (C=O) groups excluding carboxylic acids is 1. The van der Waals surface area contributed by atoms with Crippen LogP contribution in [0.15, 0.2) is 24.3 Å². The summed E-state index contributed by atoms with van der Waals surface area (Å²) in [5, 5.41) is 17.5. The largest absolute Gasteiger partial charge is 0.459 e. The Morgan fingerprint density at radius 2 is 1.34 bits per heavy atom. The molecule has 2 fully saturated rings. The van der Waals surface area contributed by atoms with Crippen LogP contribution in [0.3, 0.4) is 0 Å². The first kappa shape index (κ1) is 21.4. The first-order chi connectivity index (χ1) is 14.2. The Balaban J connectivity index is 1.44. The molecule has 4 heteroatoms. The van der Waals surface area contributed by atoms with Crippen LogP contribution in [0.25, 0.3) is 0 Å². The van der Waals surface area contributed by atoms with Gasteiger partial charge in [0.05, 0.1) is 17.7 Å². The SMILES string of the molecule is N#CCCC1CCC(OC(=O)c2ccc(C3CCC(CCC#N)CC3)cc2)CC1. The number of esters is 1. The summed E-state index contributed by atoms with van der Waals surface area (Å²) in [6.45, 7) is 0. The van der Waals surface area contributed by atoms with Crippen LogP contribution in [0.1, 0.15) is 98.9 Å². The van der Waals surface area contributed by atoms with Crippen molar-refractivity contribution in [1.29, 1.82) is 10.5 Å². The molecule has 0 amide bonds. The summed E-state index contributed by atoms with van der Waals surface area (Å²) in [5.74, 6) is 1.67. The van der Waals surface area contributed by atoms with Gasteiger partial charge in [-0.25, -0.2) is 4.79 Å². The molecule has 1 aromatic rings. The fourth-order valence-electron chi connectivity index (χ4n) is 4.97. The fourth-order valence-corrected chi connectivity index (χ4v) is 4.97. The van der Waals surface area contributed by atoms with Gasteiger partial charge in [0.1, 0.15) is 6.10 Å². The van der Waals surface area contributed by atoms with Gasteiger partial charge in [0.15, 0.2) is 0 Å². The van der Waals surface area contributed by atoms with Crippen LogP contribution >= 0.6 is 0 Å². The second kappa shape index (κ2) is 11.0. The number of benzene rings is 1. The van der Waals surface area contributed by atoms with Crippen LogP contribution in [-0.2, 0) is 4.74 Å². The second-order valence-electron chi connectivity index (χ2n) is 8.78. The molecule has 2 aliphatic carbocycles. The summed E-state index contributed by atoms with van der Waals surface area (Å²) in [7, 11) is 0. The number of rotatable bonds is 7. The zero-order valence-corrected chi connectivity index (χ0v) is 17.3. The van der Waals surface area contributed by atoms with E-state index in [4.69, 9.17) is 15.3 Å². The first-order valence-corrected chi connectivity index (χ1v) is 11.2. The van der Waals surface area contributed by atoms with Crippen LogP contribution in [0.5, 0.6) is 0 Å². The van der Waals surface area contributed by atoms with Crippen LogP contribution in [-0.4, -0.2) is 12.1 Å². The third-order valence-corrected chi connectivity index (χ3v) is 6.86. The predicted octanol–water partition coefficient (Wildman–Crippen LogP) is 6.28. The molecule has 0 N–H and O–H groups in total. The normalized spacial score (nSPS) is 26.8. The lowest BCUT2D eigenvalue weighted by Crippen LogP contribution is -2.24. The van der Waals surface area contributed by atoms with E-state index in [1.165, 1.54) is 31.2 Å². The smallest absolute Gasteiger partial charge is 0.338 e. The summed E-state index contributed by atoms with van der Waals surface area (Å²) in [6.07, 6.45) is 12.0. The highest BCUT2D eigenvalue weighted by atomic mass is 16.5. The number of carbonyl (C=O) groups is 1. The Bertz CT molecular complexity index is 728. The molecule has 0 saturated heterocycles. The summed E-state index contributed by atoms with van der Waals surface area (Å²) in [5.41, 5.74) is 1.96. The van der Waals surface area contributed by atoms with E-state index in [9.17, 15) is 4.79 Å². The molecule has 0 unspecified atom stereocenters. The van der Waals surface area contributed by atoms with E-state index in [0.29, 0.717) is 36.2 Å². The average Bonchev–Trinajstić information content (AvgIpc) is 2.77. The van der Waals surface area contributed by atoms with Crippen molar-refractivity contribution in [2.45, 2.75) is 89.1 Å². The molecular formula is C25H32N2O2. The molecule has 29 heavy (non-hydrogen) atoms. The predicted molar refractivity (Wildman–Crippen MR) is 112 cm³/mol. The van der Waals surface area contributed by atoms with Crippen molar-refractivity contribution in [3.8, 4) is 12.1 Å². The quantitative estimate of drug-likeness (QED) is 0.512. The Labute approximate surface area is 174 Å². The highest BCUT2D eigenvalue weighted by Crippen LogP contribution is 2.37. The van der Waals surface area contributed by atoms with E-state index in [1.54, 1.807) is 0 Å². The number of nitriles is 2. The van der Waals surface area contributed by atoms with Gasteiger partial charge in [0.25, 0.3) is 0 Å². The lowest BCUT2D eigenvalue weighted by Gasteiger charge is -2.29. The number of nitrogens with zero attached hydrogens (tertiary/aromatic N) is 2. The second-order valence-corrected chi connectivity index (χ2v) is 8.78. The first-order valence-electron chi connectivity index (χ1n) is 11.2. The van der Waals surface area contributed by atoms with Crippen molar-refractivity contribution in [1.82, 2.24) is 0 Å². The Morgan fingerprint density at radius 1 is 0.828 bits per heavy atom. The maximum Gasteiger partial charge on any atom is 0.338 e. The summed E-state index contributed by atoms with van der Waals surface area (Å²) in [4.78, 5) is 12.5. The van der Waals surface area contributed by atoms with Gasteiger partial charge in [0.2, 0.25) is 0 Å². The van der Waals surface area contributed by atoms with Crippen molar-refractivity contribution < 1.29 is 9.53 Å². The molecule has 0 aliphatic heterocycles. The van der Waals surface area contributed by atoms with Crippen molar-refractivity contribution in [2.24, 2.45) is 11.8 Å². The Hall–Kier alpha value is -2.33. The van der Waals surface area contributed by atoms with E-state index >= 15 is 0 Å². The Kier molecular flexibility index (Phi) is 8.12. The number of hydrogen-bond acceptors (Lipinski definition) is 4. The molecule has 4 nitrogen and oxygen atoms in total. The average molecular weight is 393 g/mol. The molecule has 0 atom stereocenters. The molecule has 0 heterocycles. The van der Waals surface area contributed by atoms with E-state index in [1.807, 2.05) is 12.1 Å². The van der Waals surface area contributed by atoms with E-state index in [2.05, 4.69) is 24.3 Å². The minimum Gasteiger partial charge on any atom is -0.459 e. The maximum absolute atomic E-state index is 12.5. The van der Waals surface area contributed by atoms with Gasteiger partial charge in [-0.05, 0) is 99.7 Å². The molecule has 1 aromatic carbocycles. The van der Waals surface area contributed by atoms with Crippen LogP contribution in [0.4, 0.5) is 0 Å². The molecule has 154 valence electrons. The third kappa shape index (κ3) is 6.33.